The van der Waals surface area contributed by atoms with Crippen molar-refractivity contribution in [3.05, 3.63) is 54.1 Å². The zero-order valence-corrected chi connectivity index (χ0v) is 11.4. The van der Waals surface area contributed by atoms with Gasteiger partial charge in [-0.1, -0.05) is 6.07 Å². The first-order chi connectivity index (χ1) is 10.1. The number of methoxy groups -OCH3 is 1. The lowest BCUT2D eigenvalue weighted by atomic mass is 10.2. The summed E-state index contributed by atoms with van der Waals surface area (Å²) < 4.78 is 4.49. The van der Waals surface area contributed by atoms with Crippen LogP contribution in [0, 0.1) is 0 Å². The van der Waals surface area contributed by atoms with Gasteiger partial charge in [0.2, 0.25) is 0 Å². The summed E-state index contributed by atoms with van der Waals surface area (Å²) in [6.07, 6.45) is -0.549. The van der Waals surface area contributed by atoms with Crippen molar-refractivity contribution in [2.45, 2.75) is 0 Å². The number of hydrogen-bond acceptors (Lipinski definition) is 4. The average Bonchev–Trinajstić information content (AvgIpc) is 2.49. The van der Waals surface area contributed by atoms with Gasteiger partial charge in [-0.2, -0.15) is 0 Å². The fourth-order valence-corrected chi connectivity index (χ4v) is 1.69. The SMILES string of the molecule is COC(=O)Nc1ccc(NC(=O)c2cccc(N)c2)cc1. The first-order valence-electron chi connectivity index (χ1n) is 6.20. The second-order valence-electron chi connectivity index (χ2n) is 4.27. The van der Waals surface area contributed by atoms with E-state index in [9.17, 15) is 9.59 Å². The van der Waals surface area contributed by atoms with Crippen LogP contribution in [0.4, 0.5) is 21.9 Å². The monoisotopic (exact) mass is 285 g/mol. The maximum Gasteiger partial charge on any atom is 0.411 e. The number of benzene rings is 2. The zero-order chi connectivity index (χ0) is 15.2. The van der Waals surface area contributed by atoms with Gasteiger partial charge >= 0.3 is 6.09 Å². The molecule has 21 heavy (non-hydrogen) atoms. The lowest BCUT2D eigenvalue weighted by molar-refractivity contribution is 0.102. The van der Waals surface area contributed by atoms with Gasteiger partial charge in [0.15, 0.2) is 0 Å². The van der Waals surface area contributed by atoms with Gasteiger partial charge in [0, 0.05) is 22.6 Å². The summed E-state index contributed by atoms with van der Waals surface area (Å²) in [7, 11) is 1.29. The van der Waals surface area contributed by atoms with E-state index in [1.807, 2.05) is 0 Å². The molecule has 0 saturated heterocycles. The third-order valence-electron chi connectivity index (χ3n) is 2.72. The Morgan fingerprint density at radius 3 is 2.19 bits per heavy atom. The van der Waals surface area contributed by atoms with Gasteiger partial charge in [0.05, 0.1) is 7.11 Å². The van der Waals surface area contributed by atoms with Gasteiger partial charge in [0.25, 0.3) is 5.91 Å². The van der Waals surface area contributed by atoms with Crippen molar-refractivity contribution in [3.8, 4) is 0 Å². The molecule has 2 amide bonds. The maximum absolute atomic E-state index is 12.0. The van der Waals surface area contributed by atoms with E-state index in [2.05, 4.69) is 15.4 Å². The first-order valence-corrected chi connectivity index (χ1v) is 6.20. The molecule has 0 fully saturated rings. The highest BCUT2D eigenvalue weighted by Gasteiger charge is 2.06. The second kappa shape index (κ2) is 6.42. The van der Waals surface area contributed by atoms with Crippen LogP contribution in [0.5, 0.6) is 0 Å². The largest absolute Gasteiger partial charge is 0.453 e. The van der Waals surface area contributed by atoms with E-state index in [1.165, 1.54) is 7.11 Å². The zero-order valence-electron chi connectivity index (χ0n) is 11.4. The van der Waals surface area contributed by atoms with Gasteiger partial charge in [-0.15, -0.1) is 0 Å². The number of amides is 2. The maximum atomic E-state index is 12.0. The Bertz CT molecular complexity index is 653. The van der Waals surface area contributed by atoms with Crippen LogP contribution < -0.4 is 16.4 Å². The Morgan fingerprint density at radius 2 is 1.62 bits per heavy atom. The predicted molar refractivity (Wildman–Crippen MR) is 81.3 cm³/mol. The fraction of sp³-hybridized carbons (Fsp3) is 0.0667. The summed E-state index contributed by atoms with van der Waals surface area (Å²) in [5, 5.41) is 5.26. The van der Waals surface area contributed by atoms with E-state index in [-0.39, 0.29) is 5.91 Å². The van der Waals surface area contributed by atoms with Crippen molar-refractivity contribution in [2.75, 3.05) is 23.5 Å². The normalized spacial score (nSPS) is 9.76. The van der Waals surface area contributed by atoms with Crippen LogP contribution in [0.1, 0.15) is 10.4 Å². The highest BCUT2D eigenvalue weighted by Crippen LogP contribution is 2.15. The van der Waals surface area contributed by atoms with Crippen LogP contribution >= 0.6 is 0 Å². The van der Waals surface area contributed by atoms with Crippen LogP contribution in [-0.4, -0.2) is 19.1 Å². The third-order valence-corrected chi connectivity index (χ3v) is 2.72. The van der Waals surface area contributed by atoms with Crippen molar-refractivity contribution >= 4 is 29.1 Å². The minimum absolute atomic E-state index is 0.254. The lowest BCUT2D eigenvalue weighted by Gasteiger charge is -2.07. The molecule has 2 aromatic carbocycles. The number of hydrogen-bond donors (Lipinski definition) is 3. The molecule has 0 unspecified atom stereocenters. The van der Waals surface area contributed by atoms with Gasteiger partial charge in [0.1, 0.15) is 0 Å². The van der Waals surface area contributed by atoms with Crippen LogP contribution in [0.25, 0.3) is 0 Å². The smallest absolute Gasteiger partial charge is 0.411 e. The van der Waals surface area contributed by atoms with E-state index >= 15 is 0 Å². The number of carbonyl (C=O) groups is 2. The lowest BCUT2D eigenvalue weighted by Crippen LogP contribution is -2.13. The molecule has 0 heterocycles. The molecular weight excluding hydrogens is 270 g/mol. The molecular formula is C15H15N3O3. The topological polar surface area (TPSA) is 93.5 Å². The molecule has 0 aliphatic carbocycles. The minimum Gasteiger partial charge on any atom is -0.453 e. The van der Waals surface area contributed by atoms with Crippen LogP contribution in [0.3, 0.4) is 0 Å². The minimum atomic E-state index is -0.549. The Balaban J connectivity index is 2.03. The van der Waals surface area contributed by atoms with Crippen molar-refractivity contribution in [1.82, 2.24) is 0 Å². The molecule has 0 aliphatic heterocycles. The van der Waals surface area contributed by atoms with Gasteiger partial charge in [-0.05, 0) is 42.5 Å². The van der Waals surface area contributed by atoms with Gasteiger partial charge < -0.3 is 15.8 Å². The predicted octanol–water partition coefficient (Wildman–Crippen LogP) is 2.70. The molecule has 0 aromatic heterocycles. The Kier molecular flexibility index (Phi) is 4.40. The molecule has 108 valence electrons. The fourth-order valence-electron chi connectivity index (χ4n) is 1.69. The van der Waals surface area contributed by atoms with Crippen LogP contribution in [0.15, 0.2) is 48.5 Å². The van der Waals surface area contributed by atoms with E-state index < -0.39 is 6.09 Å². The molecule has 0 atom stereocenters. The summed E-state index contributed by atoms with van der Waals surface area (Å²) in [4.78, 5) is 23.1. The molecule has 6 nitrogen and oxygen atoms in total. The number of carbonyl (C=O) groups excluding carboxylic acids is 2. The number of nitrogens with one attached hydrogen (secondary N) is 2. The van der Waals surface area contributed by atoms with E-state index in [0.29, 0.717) is 22.6 Å². The molecule has 4 N–H and O–H groups in total. The van der Waals surface area contributed by atoms with Gasteiger partial charge in [-0.3, -0.25) is 10.1 Å². The molecule has 0 radical (unpaired) electrons. The van der Waals surface area contributed by atoms with Crippen LogP contribution in [-0.2, 0) is 4.74 Å². The first kappa shape index (κ1) is 14.4. The second-order valence-corrected chi connectivity index (χ2v) is 4.27. The van der Waals surface area contributed by atoms with E-state index in [0.717, 1.165) is 0 Å². The average molecular weight is 285 g/mol. The summed E-state index contributed by atoms with van der Waals surface area (Å²) in [6.45, 7) is 0. The van der Waals surface area contributed by atoms with E-state index in [4.69, 9.17) is 5.73 Å². The number of rotatable bonds is 3. The van der Waals surface area contributed by atoms with Gasteiger partial charge in [-0.25, -0.2) is 4.79 Å². The molecule has 2 aromatic rings. The number of ether oxygens (including phenoxy) is 1. The summed E-state index contributed by atoms with van der Waals surface area (Å²) in [5.41, 5.74) is 7.83. The summed E-state index contributed by atoms with van der Waals surface area (Å²) in [6, 6.07) is 13.4. The molecule has 0 saturated carbocycles. The van der Waals surface area contributed by atoms with E-state index in [1.54, 1.807) is 48.5 Å². The number of anilines is 3. The molecule has 2 rings (SSSR count). The molecule has 6 heteroatoms. The highest BCUT2D eigenvalue weighted by atomic mass is 16.5. The molecule has 0 bridgehead atoms. The Labute approximate surface area is 121 Å². The van der Waals surface area contributed by atoms with Crippen molar-refractivity contribution in [2.24, 2.45) is 0 Å². The van der Waals surface area contributed by atoms with Crippen molar-refractivity contribution < 1.29 is 14.3 Å². The Hall–Kier alpha value is -3.02. The number of nitrogens with two attached hydrogens (primary N) is 1. The summed E-state index contributed by atoms with van der Waals surface area (Å²) >= 11 is 0. The standard InChI is InChI=1S/C15H15N3O3/c1-21-15(20)18-13-7-5-12(6-8-13)17-14(19)10-3-2-4-11(16)9-10/h2-9H,16H2,1H3,(H,17,19)(H,18,20). The quantitative estimate of drug-likeness (QED) is 0.756. The summed E-state index contributed by atoms with van der Waals surface area (Å²) in [5.74, 6) is -0.254. The van der Waals surface area contributed by atoms with Crippen molar-refractivity contribution in [3.63, 3.8) is 0 Å². The van der Waals surface area contributed by atoms with Crippen LogP contribution in [0.2, 0.25) is 0 Å². The highest BCUT2D eigenvalue weighted by molar-refractivity contribution is 6.04. The molecule has 0 spiro atoms. The van der Waals surface area contributed by atoms with Crippen molar-refractivity contribution in [1.29, 1.82) is 0 Å². The molecule has 0 aliphatic rings. The number of nitrogen functional groups attached to an aromatic ring is 1. The third kappa shape index (κ3) is 3.97. The Morgan fingerprint density at radius 1 is 1.00 bits per heavy atom.